The number of rotatable bonds is 7. The number of nitrogens with zero attached hydrogens (tertiary/aromatic N) is 2. The van der Waals surface area contributed by atoms with Gasteiger partial charge in [-0.05, 0) is 12.8 Å². The number of hydrogen-bond acceptors (Lipinski definition) is 4. The zero-order valence-electron chi connectivity index (χ0n) is 12.0. The fourth-order valence-corrected chi connectivity index (χ4v) is 2.59. The maximum Gasteiger partial charge on any atom is 0.339 e. The topological polar surface area (TPSA) is 76.4 Å². The van der Waals surface area contributed by atoms with Crippen LogP contribution in [0.2, 0.25) is 0 Å². The number of carboxylic acid groups (broad SMARTS) is 1. The summed E-state index contributed by atoms with van der Waals surface area (Å²) in [6.07, 6.45) is 8.02. The monoisotopic (exact) mass is 281 g/mol. The largest absolute Gasteiger partial charge is 0.478 e. The Bertz CT molecular complexity index is 439. The lowest BCUT2D eigenvalue weighted by Gasteiger charge is -2.22. The van der Waals surface area contributed by atoms with E-state index in [2.05, 4.69) is 10.4 Å². The van der Waals surface area contributed by atoms with Crippen LogP contribution in [0, 0.1) is 0 Å². The van der Waals surface area contributed by atoms with Gasteiger partial charge in [-0.1, -0.05) is 19.3 Å². The van der Waals surface area contributed by atoms with Crippen LogP contribution >= 0.6 is 0 Å². The SMILES string of the molecule is Cn1ncc(C(=O)O)c1CNCCOC1CCCCC1. The van der Waals surface area contributed by atoms with Crippen molar-refractivity contribution < 1.29 is 14.6 Å². The molecule has 1 aliphatic carbocycles. The molecule has 0 aromatic carbocycles. The van der Waals surface area contributed by atoms with Gasteiger partial charge < -0.3 is 15.2 Å². The highest BCUT2D eigenvalue weighted by Gasteiger charge is 2.15. The molecule has 0 radical (unpaired) electrons. The second-order valence-corrected chi connectivity index (χ2v) is 5.24. The Kier molecular flexibility index (Phi) is 5.55. The van der Waals surface area contributed by atoms with E-state index in [0.29, 0.717) is 24.9 Å². The van der Waals surface area contributed by atoms with Gasteiger partial charge in [0.25, 0.3) is 0 Å². The first-order chi connectivity index (χ1) is 9.68. The lowest BCUT2D eigenvalue weighted by Crippen LogP contribution is -2.25. The fourth-order valence-electron chi connectivity index (χ4n) is 2.59. The van der Waals surface area contributed by atoms with Crippen LogP contribution in [0.1, 0.15) is 48.2 Å². The van der Waals surface area contributed by atoms with E-state index in [4.69, 9.17) is 9.84 Å². The normalized spacial score (nSPS) is 16.4. The standard InChI is InChI=1S/C14H23N3O3/c1-17-13(12(9-16-17)14(18)19)10-15-7-8-20-11-5-3-2-4-6-11/h9,11,15H,2-8,10H2,1H3,(H,18,19). The lowest BCUT2D eigenvalue weighted by molar-refractivity contribution is 0.0302. The summed E-state index contributed by atoms with van der Waals surface area (Å²) in [6.45, 7) is 1.89. The minimum absolute atomic E-state index is 0.258. The first-order valence-electron chi connectivity index (χ1n) is 7.25. The third-order valence-electron chi connectivity index (χ3n) is 3.77. The number of aromatic carboxylic acids is 1. The van der Waals surface area contributed by atoms with Crippen LogP contribution in [-0.4, -0.2) is 40.1 Å². The van der Waals surface area contributed by atoms with Crippen LogP contribution in [0.3, 0.4) is 0 Å². The van der Waals surface area contributed by atoms with Gasteiger partial charge in [0.1, 0.15) is 5.56 Å². The van der Waals surface area contributed by atoms with E-state index in [1.165, 1.54) is 38.3 Å². The predicted molar refractivity (Wildman–Crippen MR) is 74.7 cm³/mol. The summed E-state index contributed by atoms with van der Waals surface area (Å²) in [5, 5.41) is 16.2. The molecule has 0 bridgehead atoms. The van der Waals surface area contributed by atoms with Crippen LogP contribution in [0.5, 0.6) is 0 Å². The number of ether oxygens (including phenoxy) is 1. The van der Waals surface area contributed by atoms with E-state index < -0.39 is 5.97 Å². The van der Waals surface area contributed by atoms with E-state index in [9.17, 15) is 4.79 Å². The molecular weight excluding hydrogens is 258 g/mol. The summed E-state index contributed by atoms with van der Waals surface area (Å²) in [6, 6.07) is 0. The first-order valence-corrected chi connectivity index (χ1v) is 7.25. The first kappa shape index (κ1) is 15.0. The van der Waals surface area contributed by atoms with Crippen molar-refractivity contribution in [3.8, 4) is 0 Å². The highest BCUT2D eigenvalue weighted by molar-refractivity contribution is 5.88. The zero-order valence-corrected chi connectivity index (χ0v) is 12.0. The molecule has 1 aromatic rings. The molecule has 0 amide bonds. The van der Waals surface area contributed by atoms with E-state index in [-0.39, 0.29) is 5.56 Å². The maximum atomic E-state index is 11.0. The Morgan fingerprint density at radius 2 is 2.25 bits per heavy atom. The molecule has 0 saturated heterocycles. The molecule has 1 aromatic heterocycles. The summed E-state index contributed by atoms with van der Waals surface area (Å²) < 4.78 is 7.40. The van der Waals surface area contributed by atoms with E-state index in [1.54, 1.807) is 11.7 Å². The van der Waals surface area contributed by atoms with Crippen molar-refractivity contribution in [1.29, 1.82) is 0 Å². The highest BCUT2D eigenvalue weighted by Crippen LogP contribution is 2.19. The van der Waals surface area contributed by atoms with Gasteiger partial charge in [-0.2, -0.15) is 5.10 Å². The lowest BCUT2D eigenvalue weighted by atomic mass is 9.98. The smallest absolute Gasteiger partial charge is 0.339 e. The average Bonchev–Trinajstić information content (AvgIpc) is 2.81. The second kappa shape index (κ2) is 7.40. The molecule has 1 saturated carbocycles. The van der Waals surface area contributed by atoms with Crippen molar-refractivity contribution in [3.05, 3.63) is 17.5 Å². The van der Waals surface area contributed by atoms with Crippen LogP contribution < -0.4 is 5.32 Å². The summed E-state index contributed by atoms with van der Waals surface area (Å²) in [5.41, 5.74) is 0.948. The molecule has 1 heterocycles. The zero-order chi connectivity index (χ0) is 14.4. The number of hydrogen-bond donors (Lipinski definition) is 2. The van der Waals surface area contributed by atoms with Gasteiger partial charge in [0.05, 0.1) is 24.6 Å². The predicted octanol–water partition coefficient (Wildman–Crippen LogP) is 1.56. The van der Waals surface area contributed by atoms with Gasteiger partial charge in [-0.25, -0.2) is 4.79 Å². The molecule has 112 valence electrons. The number of carbonyl (C=O) groups is 1. The van der Waals surface area contributed by atoms with Crippen LogP contribution in [0.4, 0.5) is 0 Å². The van der Waals surface area contributed by atoms with E-state index >= 15 is 0 Å². The van der Waals surface area contributed by atoms with Crippen molar-refractivity contribution in [2.45, 2.75) is 44.8 Å². The molecule has 6 heteroatoms. The number of nitrogens with one attached hydrogen (secondary N) is 1. The van der Waals surface area contributed by atoms with Crippen molar-refractivity contribution in [2.75, 3.05) is 13.2 Å². The number of carboxylic acids is 1. The quantitative estimate of drug-likeness (QED) is 0.742. The molecule has 2 rings (SSSR count). The molecule has 2 N–H and O–H groups in total. The van der Waals surface area contributed by atoms with Crippen molar-refractivity contribution in [3.63, 3.8) is 0 Å². The second-order valence-electron chi connectivity index (χ2n) is 5.24. The molecule has 0 unspecified atom stereocenters. The number of aryl methyl sites for hydroxylation is 1. The van der Waals surface area contributed by atoms with Gasteiger partial charge in [0.2, 0.25) is 0 Å². The average molecular weight is 281 g/mol. The minimum atomic E-state index is -0.937. The van der Waals surface area contributed by atoms with Crippen molar-refractivity contribution >= 4 is 5.97 Å². The fraction of sp³-hybridized carbons (Fsp3) is 0.714. The van der Waals surface area contributed by atoms with Gasteiger partial charge in [-0.15, -0.1) is 0 Å². The van der Waals surface area contributed by atoms with Crippen molar-refractivity contribution in [1.82, 2.24) is 15.1 Å². The van der Waals surface area contributed by atoms with E-state index in [0.717, 1.165) is 6.54 Å². The Balaban J connectivity index is 1.68. The Morgan fingerprint density at radius 3 is 2.95 bits per heavy atom. The summed E-state index contributed by atoms with van der Waals surface area (Å²) in [4.78, 5) is 11.0. The summed E-state index contributed by atoms with van der Waals surface area (Å²) in [7, 11) is 1.75. The number of aromatic nitrogens is 2. The molecule has 6 nitrogen and oxygen atoms in total. The van der Waals surface area contributed by atoms with Crippen LogP contribution in [0.25, 0.3) is 0 Å². The van der Waals surface area contributed by atoms with Gasteiger partial charge >= 0.3 is 5.97 Å². The van der Waals surface area contributed by atoms with Gasteiger partial charge in [0.15, 0.2) is 0 Å². The Labute approximate surface area is 119 Å². The van der Waals surface area contributed by atoms with Gasteiger partial charge in [0, 0.05) is 20.1 Å². The highest BCUT2D eigenvalue weighted by atomic mass is 16.5. The molecular formula is C14H23N3O3. The minimum Gasteiger partial charge on any atom is -0.478 e. The molecule has 0 aliphatic heterocycles. The molecule has 1 aliphatic rings. The Hall–Kier alpha value is -1.40. The summed E-state index contributed by atoms with van der Waals surface area (Å²) >= 11 is 0. The van der Waals surface area contributed by atoms with Gasteiger partial charge in [-0.3, -0.25) is 4.68 Å². The third kappa shape index (κ3) is 4.05. The van der Waals surface area contributed by atoms with Crippen molar-refractivity contribution in [2.24, 2.45) is 7.05 Å². The summed E-state index contributed by atoms with van der Waals surface area (Å²) in [5.74, 6) is -0.937. The molecule has 1 fully saturated rings. The molecule has 0 atom stereocenters. The van der Waals surface area contributed by atoms with Crippen LogP contribution in [0.15, 0.2) is 6.20 Å². The van der Waals surface area contributed by atoms with Crippen LogP contribution in [-0.2, 0) is 18.3 Å². The maximum absolute atomic E-state index is 11.0. The molecule has 20 heavy (non-hydrogen) atoms. The molecule has 0 spiro atoms. The third-order valence-corrected chi connectivity index (χ3v) is 3.77. The van der Waals surface area contributed by atoms with E-state index in [1.807, 2.05) is 0 Å². The Morgan fingerprint density at radius 1 is 1.50 bits per heavy atom.